The SMILES string of the molecule is Cc1cccc2c(=O)cc(C(=O)Nc3ccc(Cc4sc(=O)[nH]c4O)cc3)oc12. The smallest absolute Gasteiger partial charge is 0.307 e. The second-order valence-corrected chi connectivity index (χ2v) is 7.61. The summed E-state index contributed by atoms with van der Waals surface area (Å²) in [5, 5.41) is 12.8. The van der Waals surface area contributed by atoms with Crippen LogP contribution in [0.15, 0.2) is 62.5 Å². The van der Waals surface area contributed by atoms with Gasteiger partial charge in [-0.2, -0.15) is 0 Å². The largest absolute Gasteiger partial charge is 0.494 e. The van der Waals surface area contributed by atoms with Crippen molar-refractivity contribution in [1.29, 1.82) is 0 Å². The summed E-state index contributed by atoms with van der Waals surface area (Å²) in [6.45, 7) is 1.81. The fraction of sp³-hybridized carbons (Fsp3) is 0.0952. The third kappa shape index (κ3) is 3.83. The average Bonchev–Trinajstić information content (AvgIpc) is 3.01. The van der Waals surface area contributed by atoms with Crippen LogP contribution in [-0.2, 0) is 6.42 Å². The van der Waals surface area contributed by atoms with Crippen LogP contribution in [0.5, 0.6) is 5.88 Å². The number of anilines is 1. The molecule has 146 valence electrons. The molecule has 0 aliphatic carbocycles. The summed E-state index contributed by atoms with van der Waals surface area (Å²) >= 11 is 0.952. The van der Waals surface area contributed by atoms with Gasteiger partial charge in [-0.1, -0.05) is 35.6 Å². The summed E-state index contributed by atoms with van der Waals surface area (Å²) in [4.78, 5) is 38.6. The van der Waals surface area contributed by atoms with Crippen molar-refractivity contribution in [3.63, 3.8) is 0 Å². The van der Waals surface area contributed by atoms with Crippen molar-refractivity contribution in [2.75, 3.05) is 5.32 Å². The molecule has 0 saturated heterocycles. The maximum absolute atomic E-state index is 12.5. The summed E-state index contributed by atoms with van der Waals surface area (Å²) in [6, 6.07) is 13.4. The molecule has 2 aromatic heterocycles. The quantitative estimate of drug-likeness (QED) is 0.479. The molecule has 0 unspecified atom stereocenters. The van der Waals surface area contributed by atoms with Crippen molar-refractivity contribution >= 4 is 33.9 Å². The summed E-state index contributed by atoms with van der Waals surface area (Å²) in [7, 11) is 0. The fourth-order valence-corrected chi connectivity index (χ4v) is 3.74. The highest BCUT2D eigenvalue weighted by Crippen LogP contribution is 2.22. The van der Waals surface area contributed by atoms with Crippen LogP contribution < -0.4 is 15.6 Å². The average molecular weight is 408 g/mol. The van der Waals surface area contributed by atoms with E-state index in [1.54, 1.807) is 36.4 Å². The number of nitrogens with one attached hydrogen (secondary N) is 2. The number of H-pyrrole nitrogens is 1. The number of amides is 1. The zero-order chi connectivity index (χ0) is 20.5. The minimum Gasteiger partial charge on any atom is -0.494 e. The van der Waals surface area contributed by atoms with E-state index in [-0.39, 0.29) is 21.9 Å². The highest BCUT2D eigenvalue weighted by atomic mass is 32.1. The summed E-state index contributed by atoms with van der Waals surface area (Å²) in [6.07, 6.45) is 0.391. The maximum atomic E-state index is 12.5. The van der Waals surface area contributed by atoms with Gasteiger partial charge < -0.3 is 14.8 Å². The lowest BCUT2D eigenvalue weighted by molar-refractivity contribution is 0.0997. The van der Waals surface area contributed by atoms with Crippen LogP contribution in [0.2, 0.25) is 0 Å². The monoisotopic (exact) mass is 408 g/mol. The van der Waals surface area contributed by atoms with Crippen LogP contribution in [0.3, 0.4) is 0 Å². The fourth-order valence-electron chi connectivity index (χ4n) is 2.99. The Morgan fingerprint density at radius 1 is 1.17 bits per heavy atom. The van der Waals surface area contributed by atoms with Crippen molar-refractivity contribution in [1.82, 2.24) is 4.98 Å². The molecule has 1 amide bonds. The lowest BCUT2D eigenvalue weighted by Crippen LogP contribution is -2.15. The molecule has 0 aliphatic heterocycles. The number of aromatic amines is 1. The van der Waals surface area contributed by atoms with Gasteiger partial charge in [-0.05, 0) is 36.2 Å². The highest BCUT2D eigenvalue weighted by molar-refractivity contribution is 7.09. The molecule has 7 nitrogen and oxygen atoms in total. The summed E-state index contributed by atoms with van der Waals surface area (Å²) in [5.74, 6) is -0.719. The minimum atomic E-state index is -0.526. The number of hydrogen-bond acceptors (Lipinski definition) is 6. The molecule has 4 aromatic rings. The van der Waals surface area contributed by atoms with Gasteiger partial charge in [0.2, 0.25) is 5.88 Å². The molecule has 0 aliphatic rings. The number of carbonyl (C=O) groups is 1. The van der Waals surface area contributed by atoms with E-state index in [4.69, 9.17) is 4.42 Å². The van der Waals surface area contributed by atoms with E-state index < -0.39 is 5.91 Å². The lowest BCUT2D eigenvalue weighted by atomic mass is 10.1. The summed E-state index contributed by atoms with van der Waals surface area (Å²) < 4.78 is 5.65. The van der Waals surface area contributed by atoms with Gasteiger partial charge in [-0.3, -0.25) is 19.4 Å². The highest BCUT2D eigenvalue weighted by Gasteiger charge is 2.14. The second kappa shape index (κ2) is 7.40. The Kier molecular flexibility index (Phi) is 4.77. The maximum Gasteiger partial charge on any atom is 0.307 e. The second-order valence-electron chi connectivity index (χ2n) is 6.54. The first-order chi connectivity index (χ1) is 13.9. The Labute approximate surface area is 168 Å². The van der Waals surface area contributed by atoms with Gasteiger partial charge >= 0.3 is 4.87 Å². The number of aryl methyl sites for hydroxylation is 1. The molecule has 0 atom stereocenters. The molecule has 8 heteroatoms. The zero-order valence-electron chi connectivity index (χ0n) is 15.3. The van der Waals surface area contributed by atoms with E-state index in [9.17, 15) is 19.5 Å². The molecule has 0 radical (unpaired) electrons. The van der Waals surface area contributed by atoms with Crippen LogP contribution in [0.25, 0.3) is 11.0 Å². The minimum absolute atomic E-state index is 0.0668. The van der Waals surface area contributed by atoms with E-state index in [1.807, 2.05) is 13.0 Å². The van der Waals surface area contributed by atoms with E-state index in [0.29, 0.717) is 28.0 Å². The van der Waals surface area contributed by atoms with E-state index in [0.717, 1.165) is 22.5 Å². The third-order valence-corrected chi connectivity index (χ3v) is 5.32. The first-order valence-corrected chi connectivity index (χ1v) is 9.57. The molecular weight excluding hydrogens is 392 g/mol. The molecule has 2 heterocycles. The van der Waals surface area contributed by atoms with Gasteiger partial charge in [0.1, 0.15) is 5.58 Å². The molecule has 0 spiro atoms. The number of aromatic nitrogens is 1. The number of carbonyl (C=O) groups excluding carboxylic acids is 1. The number of fused-ring (bicyclic) bond motifs is 1. The normalized spacial score (nSPS) is 10.9. The number of hydrogen-bond donors (Lipinski definition) is 3. The zero-order valence-corrected chi connectivity index (χ0v) is 16.1. The van der Waals surface area contributed by atoms with Crippen molar-refractivity contribution < 1.29 is 14.3 Å². The van der Waals surface area contributed by atoms with E-state index >= 15 is 0 Å². The van der Waals surface area contributed by atoms with Crippen LogP contribution >= 0.6 is 11.3 Å². The number of rotatable bonds is 4. The molecule has 4 rings (SSSR count). The predicted molar refractivity (Wildman–Crippen MR) is 111 cm³/mol. The van der Waals surface area contributed by atoms with Gasteiger partial charge in [0.05, 0.1) is 10.3 Å². The number of aromatic hydroxyl groups is 1. The van der Waals surface area contributed by atoms with Crippen LogP contribution in [0.4, 0.5) is 5.69 Å². The molecule has 3 N–H and O–H groups in total. The number of para-hydroxylation sites is 1. The van der Waals surface area contributed by atoms with Crippen LogP contribution in [0, 0.1) is 6.92 Å². The van der Waals surface area contributed by atoms with Gasteiger partial charge in [0.25, 0.3) is 5.91 Å². The van der Waals surface area contributed by atoms with Gasteiger partial charge in [-0.25, -0.2) is 0 Å². The Hall–Kier alpha value is -3.65. The van der Waals surface area contributed by atoms with E-state index in [1.165, 1.54) is 6.07 Å². The molecule has 2 aromatic carbocycles. The third-order valence-electron chi connectivity index (χ3n) is 4.45. The van der Waals surface area contributed by atoms with E-state index in [2.05, 4.69) is 10.3 Å². The van der Waals surface area contributed by atoms with Crippen LogP contribution in [-0.4, -0.2) is 16.0 Å². The van der Waals surface area contributed by atoms with Crippen molar-refractivity contribution in [2.24, 2.45) is 0 Å². The van der Waals surface area contributed by atoms with Gasteiger partial charge in [-0.15, -0.1) is 0 Å². The van der Waals surface area contributed by atoms with Crippen molar-refractivity contribution in [3.8, 4) is 5.88 Å². The Morgan fingerprint density at radius 3 is 2.62 bits per heavy atom. The predicted octanol–water partition coefficient (Wildman–Crippen LogP) is 3.40. The molecule has 0 saturated carbocycles. The standard InChI is InChI=1S/C21H16N2O5S/c1-11-3-2-4-14-15(24)10-16(28-18(11)14)19(25)22-13-7-5-12(6-8-13)9-17-20(26)23-21(27)29-17/h2-8,10,26H,9H2,1H3,(H,22,25)(H,23,27). The molecular formula is C21H16N2O5S. The first-order valence-electron chi connectivity index (χ1n) is 8.75. The number of benzene rings is 2. The van der Waals surface area contributed by atoms with Crippen molar-refractivity contribution in [2.45, 2.75) is 13.3 Å². The van der Waals surface area contributed by atoms with Crippen LogP contribution in [0.1, 0.15) is 26.6 Å². The van der Waals surface area contributed by atoms with Gasteiger partial charge in [0, 0.05) is 18.2 Å². The Balaban J connectivity index is 1.53. The topological polar surface area (TPSA) is 112 Å². The van der Waals surface area contributed by atoms with Gasteiger partial charge in [0.15, 0.2) is 11.2 Å². The molecule has 0 fully saturated rings. The number of thiazole rings is 1. The lowest BCUT2D eigenvalue weighted by Gasteiger charge is -2.07. The summed E-state index contributed by atoms with van der Waals surface area (Å²) in [5.41, 5.74) is 2.28. The molecule has 0 bridgehead atoms. The Morgan fingerprint density at radius 2 is 1.93 bits per heavy atom. The first kappa shape index (κ1) is 18.7. The Bertz CT molecular complexity index is 1330. The van der Waals surface area contributed by atoms with Crippen molar-refractivity contribution in [3.05, 3.63) is 90.2 Å². The molecule has 29 heavy (non-hydrogen) atoms.